The molecule has 45 heavy (non-hydrogen) atoms. The minimum atomic E-state index is -4.71. The van der Waals surface area contributed by atoms with Crippen molar-refractivity contribution in [2.24, 2.45) is 0 Å². The summed E-state index contributed by atoms with van der Waals surface area (Å²) in [6, 6.07) is 9.95. The van der Waals surface area contributed by atoms with Crippen molar-refractivity contribution in [1.82, 2.24) is 24.8 Å². The Hall–Kier alpha value is -3.71. The normalized spacial score (nSPS) is 17.2. The Bertz CT molecular complexity index is 1760. The van der Waals surface area contributed by atoms with Crippen LogP contribution in [0.5, 0.6) is 0 Å². The second kappa shape index (κ2) is 13.7. The van der Waals surface area contributed by atoms with E-state index in [1.165, 1.54) is 42.5 Å². The van der Waals surface area contributed by atoms with Crippen LogP contribution in [0.1, 0.15) is 11.1 Å². The number of nitrogens with one attached hydrogen (secondary N) is 1. The molecule has 2 saturated heterocycles. The molecule has 2 aliphatic heterocycles. The number of anilines is 4. The number of β-amino-alcohol motifs (C(OH)–C–C–N with tert-alkyl or cyclic N) is 1. The van der Waals surface area contributed by atoms with Crippen molar-refractivity contribution in [3.05, 3.63) is 53.6 Å². The maximum atomic E-state index is 12.4. The molecule has 242 valence electrons. The second-order valence-electron chi connectivity index (χ2n) is 10.8. The van der Waals surface area contributed by atoms with Crippen LogP contribution in [0.25, 0.3) is 12.2 Å². The maximum absolute atomic E-state index is 12.4. The van der Waals surface area contributed by atoms with Crippen LogP contribution in [-0.4, -0.2) is 128 Å². The number of aromatic nitrogens is 3. The first-order valence-corrected chi connectivity index (χ1v) is 17.2. The summed E-state index contributed by atoms with van der Waals surface area (Å²) in [4.78, 5) is 21.8. The van der Waals surface area contributed by atoms with E-state index < -0.39 is 25.1 Å². The average Bonchev–Trinajstić information content (AvgIpc) is 3.00. The van der Waals surface area contributed by atoms with E-state index >= 15 is 0 Å². The Kier molecular flexibility index (Phi) is 9.97. The molecule has 3 aromatic rings. The molecule has 0 saturated carbocycles. The van der Waals surface area contributed by atoms with Crippen LogP contribution in [-0.2, 0) is 20.2 Å². The minimum absolute atomic E-state index is 0.0865. The van der Waals surface area contributed by atoms with E-state index in [-0.39, 0.29) is 34.3 Å². The predicted molar refractivity (Wildman–Crippen MR) is 170 cm³/mol. The molecule has 2 aliphatic rings. The Morgan fingerprint density at radius 3 is 1.89 bits per heavy atom. The first-order chi connectivity index (χ1) is 21.4. The molecule has 17 heteroatoms. The van der Waals surface area contributed by atoms with Crippen molar-refractivity contribution < 1.29 is 31.0 Å². The highest BCUT2D eigenvalue weighted by atomic mass is 32.2. The van der Waals surface area contributed by atoms with Gasteiger partial charge in [-0.25, -0.2) is 0 Å². The van der Waals surface area contributed by atoms with Crippen LogP contribution in [0.15, 0.2) is 52.3 Å². The summed E-state index contributed by atoms with van der Waals surface area (Å²) >= 11 is 0. The number of piperazine rings is 2. The van der Waals surface area contributed by atoms with Crippen molar-refractivity contribution in [3.8, 4) is 0 Å². The van der Waals surface area contributed by atoms with Crippen LogP contribution in [0.4, 0.5) is 23.5 Å². The molecule has 0 spiro atoms. The zero-order valence-electron chi connectivity index (χ0n) is 24.7. The van der Waals surface area contributed by atoms with Crippen LogP contribution in [0.3, 0.4) is 0 Å². The smallest absolute Gasteiger partial charge is 0.295 e. The Labute approximate surface area is 262 Å². The van der Waals surface area contributed by atoms with Crippen molar-refractivity contribution in [1.29, 1.82) is 0 Å². The molecule has 0 unspecified atom stereocenters. The molecule has 1 aromatic heterocycles. The van der Waals surface area contributed by atoms with Crippen molar-refractivity contribution >= 4 is 55.9 Å². The number of aliphatic hydroxyl groups excluding tert-OH is 1. The molecule has 4 N–H and O–H groups in total. The third kappa shape index (κ3) is 8.31. The number of nitrogens with zero attached hydrogens (tertiary/aromatic N) is 7. The van der Waals surface area contributed by atoms with E-state index in [1.807, 2.05) is 11.9 Å². The molecule has 2 aromatic carbocycles. The summed E-state index contributed by atoms with van der Waals surface area (Å²) in [6.07, 6.45) is 2.67. The van der Waals surface area contributed by atoms with Gasteiger partial charge in [0.1, 0.15) is 9.79 Å². The summed E-state index contributed by atoms with van der Waals surface area (Å²) in [5.41, 5.74) is 0.505. The molecule has 0 atom stereocenters. The lowest BCUT2D eigenvalue weighted by molar-refractivity contribution is 0.188. The lowest BCUT2D eigenvalue weighted by Crippen LogP contribution is -2.48. The molecule has 5 rings (SSSR count). The maximum Gasteiger partial charge on any atom is 0.295 e. The highest BCUT2D eigenvalue weighted by molar-refractivity contribution is 7.86. The third-order valence-corrected chi connectivity index (χ3v) is 9.49. The van der Waals surface area contributed by atoms with Crippen LogP contribution < -0.4 is 15.1 Å². The van der Waals surface area contributed by atoms with Gasteiger partial charge in [-0.1, -0.05) is 36.4 Å². The van der Waals surface area contributed by atoms with Gasteiger partial charge in [0.15, 0.2) is 0 Å². The molecule has 0 aliphatic carbocycles. The monoisotopic (exact) mass is 660 g/mol. The molecular weight excluding hydrogens is 624 g/mol. The van der Waals surface area contributed by atoms with E-state index in [1.54, 1.807) is 12.1 Å². The molecule has 15 nitrogen and oxygen atoms in total. The lowest BCUT2D eigenvalue weighted by atomic mass is 10.1. The summed E-state index contributed by atoms with van der Waals surface area (Å²) in [7, 11) is -7.18. The van der Waals surface area contributed by atoms with Crippen LogP contribution >= 0.6 is 0 Å². The first kappa shape index (κ1) is 32.7. The van der Waals surface area contributed by atoms with Gasteiger partial charge in [0, 0.05) is 64.6 Å². The summed E-state index contributed by atoms with van der Waals surface area (Å²) in [6.45, 7) is 6.58. The van der Waals surface area contributed by atoms with Gasteiger partial charge in [-0.05, 0) is 36.4 Å². The fraction of sp³-hybridized carbons (Fsp3) is 0.393. The molecule has 3 heterocycles. The Morgan fingerprint density at radius 2 is 1.31 bits per heavy atom. The number of rotatable bonds is 10. The number of hydrogen-bond acceptors (Lipinski definition) is 13. The van der Waals surface area contributed by atoms with E-state index in [0.29, 0.717) is 31.5 Å². The topological polar surface area (TPSA) is 193 Å². The van der Waals surface area contributed by atoms with Crippen molar-refractivity contribution in [3.63, 3.8) is 0 Å². The minimum Gasteiger partial charge on any atom is -0.395 e. The molecular formula is C28H36N8O7S2. The SMILES string of the molecule is CN1CCN(c2nc(Nc3ccc(/C=C/c4ccccc4S(=O)(=O)O)c(S(=O)(=O)O)c3)nc(N3CCN(CCO)CC3)n2)CC1. The lowest BCUT2D eigenvalue weighted by Gasteiger charge is -2.35. The van der Waals surface area contributed by atoms with Crippen molar-refractivity contribution in [2.45, 2.75) is 9.79 Å². The van der Waals surface area contributed by atoms with Crippen molar-refractivity contribution in [2.75, 3.05) is 87.7 Å². The number of hydrogen-bond donors (Lipinski definition) is 4. The van der Waals surface area contributed by atoms with Gasteiger partial charge < -0.3 is 25.1 Å². The molecule has 2 fully saturated rings. The van der Waals surface area contributed by atoms with E-state index in [4.69, 9.17) is 4.98 Å². The van der Waals surface area contributed by atoms with Gasteiger partial charge in [-0.2, -0.15) is 31.8 Å². The average molecular weight is 661 g/mol. The summed E-state index contributed by atoms with van der Waals surface area (Å²) in [5, 5.41) is 12.4. The van der Waals surface area contributed by atoms with Crippen LogP contribution in [0.2, 0.25) is 0 Å². The second-order valence-corrected chi connectivity index (χ2v) is 13.6. The standard InChI is InChI=1S/C28H36N8O7S2/c1-33-10-14-35(15-11-33)27-30-26(31-28(32-27)36-16-12-34(13-17-36)18-19-37)29-23-9-8-22(25(20-23)45(41,42)43)7-6-21-4-2-3-5-24(21)44(38,39)40/h2-9,20,37H,10-19H2,1H3,(H,38,39,40)(H,41,42,43)(H,29,30,31,32)/b7-6+. The van der Waals surface area contributed by atoms with E-state index in [2.05, 4.69) is 30.0 Å². The number of aliphatic hydroxyl groups is 1. The fourth-order valence-corrected chi connectivity index (χ4v) is 6.54. The number of benzene rings is 2. The van der Waals surface area contributed by atoms with E-state index in [0.717, 1.165) is 39.3 Å². The fourth-order valence-electron chi connectivity index (χ4n) is 5.15. The van der Waals surface area contributed by atoms with Gasteiger partial charge >= 0.3 is 0 Å². The molecule has 0 bridgehead atoms. The Balaban J connectivity index is 1.45. The highest BCUT2D eigenvalue weighted by Crippen LogP contribution is 2.27. The van der Waals surface area contributed by atoms with Gasteiger partial charge in [-0.15, -0.1) is 0 Å². The molecule has 0 radical (unpaired) electrons. The Morgan fingerprint density at radius 1 is 0.756 bits per heavy atom. The third-order valence-electron chi connectivity index (χ3n) is 7.66. The van der Waals surface area contributed by atoms with Crippen LogP contribution in [0, 0.1) is 0 Å². The summed E-state index contributed by atoms with van der Waals surface area (Å²) in [5.74, 6) is 1.15. The van der Waals surface area contributed by atoms with Gasteiger partial charge in [-0.3, -0.25) is 14.0 Å². The molecule has 0 amide bonds. The summed E-state index contributed by atoms with van der Waals surface area (Å²) < 4.78 is 67.9. The largest absolute Gasteiger partial charge is 0.395 e. The van der Waals surface area contributed by atoms with Gasteiger partial charge in [0.25, 0.3) is 20.2 Å². The quantitative estimate of drug-likeness (QED) is 0.179. The predicted octanol–water partition coefficient (Wildman–Crippen LogP) is 1.15. The number of likely N-dealkylation sites (N-methyl/N-ethyl adjacent to an activating group) is 1. The zero-order chi connectivity index (χ0) is 32.2. The van der Waals surface area contributed by atoms with Gasteiger partial charge in [0.2, 0.25) is 17.8 Å². The van der Waals surface area contributed by atoms with Gasteiger partial charge in [0.05, 0.1) is 6.61 Å². The first-order valence-electron chi connectivity index (χ1n) is 14.3. The van der Waals surface area contributed by atoms with E-state index in [9.17, 15) is 31.0 Å². The zero-order valence-corrected chi connectivity index (χ0v) is 26.3. The highest BCUT2D eigenvalue weighted by Gasteiger charge is 2.24.